The van der Waals surface area contributed by atoms with Gasteiger partial charge in [0.1, 0.15) is 5.65 Å². The topological polar surface area (TPSA) is 17.3 Å². The molecule has 0 aliphatic heterocycles. The molecule has 2 heterocycles. The van der Waals surface area contributed by atoms with Crippen molar-refractivity contribution in [3.63, 3.8) is 0 Å². The van der Waals surface area contributed by atoms with Crippen molar-refractivity contribution in [2.24, 2.45) is 0 Å². The lowest BCUT2D eigenvalue weighted by molar-refractivity contribution is 1.07. The van der Waals surface area contributed by atoms with E-state index in [1.165, 1.54) is 0 Å². The van der Waals surface area contributed by atoms with E-state index in [9.17, 15) is 0 Å². The van der Waals surface area contributed by atoms with Crippen molar-refractivity contribution < 1.29 is 0 Å². The van der Waals surface area contributed by atoms with E-state index in [4.69, 9.17) is 11.6 Å². The minimum absolute atomic E-state index is 0.546. The van der Waals surface area contributed by atoms with Crippen molar-refractivity contribution in [3.05, 3.63) is 35.8 Å². The molecule has 0 fully saturated rings. The van der Waals surface area contributed by atoms with Gasteiger partial charge in [0.15, 0.2) is 0 Å². The zero-order chi connectivity index (χ0) is 9.26. The molecule has 0 saturated carbocycles. The highest BCUT2D eigenvalue weighted by atomic mass is 35.5. The zero-order valence-electron chi connectivity index (χ0n) is 7.50. The quantitative estimate of drug-likeness (QED) is 0.672. The minimum Gasteiger partial charge on any atom is -0.307 e. The Balaban J connectivity index is 2.57. The van der Waals surface area contributed by atoms with Crippen molar-refractivity contribution in [1.82, 2.24) is 9.38 Å². The molecule has 0 saturated heterocycles. The van der Waals surface area contributed by atoms with Gasteiger partial charge in [0.25, 0.3) is 0 Å². The lowest BCUT2D eigenvalue weighted by Crippen LogP contribution is -1.84. The summed E-state index contributed by atoms with van der Waals surface area (Å²) in [5.74, 6) is 0.546. The Morgan fingerprint density at radius 3 is 3.08 bits per heavy atom. The van der Waals surface area contributed by atoms with E-state index in [1.807, 2.05) is 28.9 Å². The summed E-state index contributed by atoms with van der Waals surface area (Å²) < 4.78 is 2.02. The SMILES string of the molecule is CCc1cn2ccc(CCl)cc2n1. The van der Waals surface area contributed by atoms with Crippen LogP contribution in [0, 0.1) is 0 Å². The predicted octanol–water partition coefficient (Wildman–Crippen LogP) is 2.64. The standard InChI is InChI=1S/C10H11ClN2/c1-2-9-7-13-4-3-8(6-11)5-10(13)12-9/h3-5,7H,2,6H2,1H3. The molecule has 0 N–H and O–H groups in total. The summed E-state index contributed by atoms with van der Waals surface area (Å²) in [6.45, 7) is 2.10. The molecular weight excluding hydrogens is 184 g/mol. The molecule has 68 valence electrons. The molecule has 0 atom stereocenters. The van der Waals surface area contributed by atoms with E-state index in [-0.39, 0.29) is 0 Å². The molecule has 0 amide bonds. The first-order valence-electron chi connectivity index (χ1n) is 4.36. The van der Waals surface area contributed by atoms with E-state index in [1.54, 1.807) is 0 Å². The fourth-order valence-corrected chi connectivity index (χ4v) is 1.50. The van der Waals surface area contributed by atoms with Crippen molar-refractivity contribution >= 4 is 17.2 Å². The number of hydrogen-bond donors (Lipinski definition) is 0. The number of pyridine rings is 1. The Morgan fingerprint density at radius 1 is 1.54 bits per heavy atom. The lowest BCUT2D eigenvalue weighted by Gasteiger charge is -1.95. The maximum absolute atomic E-state index is 5.73. The predicted molar refractivity (Wildman–Crippen MR) is 54.1 cm³/mol. The summed E-state index contributed by atoms with van der Waals surface area (Å²) in [6.07, 6.45) is 5.02. The highest BCUT2D eigenvalue weighted by molar-refractivity contribution is 6.17. The fourth-order valence-electron chi connectivity index (χ4n) is 1.33. The number of fused-ring (bicyclic) bond motifs is 1. The number of alkyl halides is 1. The van der Waals surface area contributed by atoms with Gasteiger partial charge in [-0.2, -0.15) is 0 Å². The van der Waals surface area contributed by atoms with Gasteiger partial charge in [0.05, 0.1) is 5.69 Å². The fraction of sp³-hybridized carbons (Fsp3) is 0.300. The highest BCUT2D eigenvalue weighted by Gasteiger charge is 1.99. The molecule has 0 unspecified atom stereocenters. The Hall–Kier alpha value is -1.02. The van der Waals surface area contributed by atoms with Crippen LogP contribution in [-0.2, 0) is 12.3 Å². The Labute approximate surface area is 82.2 Å². The van der Waals surface area contributed by atoms with Crippen molar-refractivity contribution in [1.29, 1.82) is 0 Å². The van der Waals surface area contributed by atoms with Crippen LogP contribution in [0.4, 0.5) is 0 Å². The third kappa shape index (κ3) is 1.54. The molecule has 2 aromatic rings. The largest absolute Gasteiger partial charge is 0.307 e. The van der Waals surface area contributed by atoms with Gasteiger partial charge in [0.2, 0.25) is 0 Å². The van der Waals surface area contributed by atoms with Crippen LogP contribution < -0.4 is 0 Å². The van der Waals surface area contributed by atoms with Gasteiger partial charge < -0.3 is 4.40 Å². The summed E-state index contributed by atoms with van der Waals surface area (Å²) in [4.78, 5) is 4.44. The molecule has 3 heteroatoms. The van der Waals surface area contributed by atoms with Crippen LogP contribution in [0.1, 0.15) is 18.2 Å². The normalized spacial score (nSPS) is 10.9. The summed E-state index contributed by atoms with van der Waals surface area (Å²) in [5, 5.41) is 0. The Bertz CT molecular complexity index is 418. The average Bonchev–Trinajstić information content (AvgIpc) is 2.58. The van der Waals surface area contributed by atoms with Gasteiger partial charge in [-0.15, -0.1) is 11.6 Å². The van der Waals surface area contributed by atoms with Gasteiger partial charge in [-0.25, -0.2) is 4.98 Å². The van der Waals surface area contributed by atoms with E-state index < -0.39 is 0 Å². The maximum atomic E-state index is 5.73. The van der Waals surface area contributed by atoms with E-state index in [0.717, 1.165) is 23.3 Å². The number of rotatable bonds is 2. The first-order valence-corrected chi connectivity index (χ1v) is 4.89. The number of aryl methyl sites for hydroxylation is 1. The summed E-state index contributed by atoms with van der Waals surface area (Å²) in [6, 6.07) is 4.04. The van der Waals surface area contributed by atoms with E-state index in [2.05, 4.69) is 11.9 Å². The number of halogens is 1. The summed E-state index contributed by atoms with van der Waals surface area (Å²) >= 11 is 5.73. The van der Waals surface area contributed by atoms with Crippen LogP contribution in [0.25, 0.3) is 5.65 Å². The Kier molecular flexibility index (Phi) is 2.23. The highest BCUT2D eigenvalue weighted by Crippen LogP contribution is 2.10. The third-order valence-electron chi connectivity index (χ3n) is 2.09. The van der Waals surface area contributed by atoms with E-state index >= 15 is 0 Å². The molecule has 2 aromatic heterocycles. The van der Waals surface area contributed by atoms with Crippen LogP contribution >= 0.6 is 11.6 Å². The molecule has 0 radical (unpaired) electrons. The molecule has 0 aliphatic carbocycles. The molecule has 0 aliphatic rings. The molecule has 13 heavy (non-hydrogen) atoms. The number of nitrogens with zero attached hydrogens (tertiary/aromatic N) is 2. The van der Waals surface area contributed by atoms with Crippen molar-refractivity contribution in [2.75, 3.05) is 0 Å². The van der Waals surface area contributed by atoms with Crippen LogP contribution in [0.2, 0.25) is 0 Å². The second-order valence-corrected chi connectivity index (χ2v) is 3.29. The van der Waals surface area contributed by atoms with Crippen molar-refractivity contribution in [2.45, 2.75) is 19.2 Å². The number of imidazole rings is 1. The number of aromatic nitrogens is 2. The molecule has 2 rings (SSSR count). The van der Waals surface area contributed by atoms with Crippen LogP contribution in [0.15, 0.2) is 24.5 Å². The summed E-state index contributed by atoms with van der Waals surface area (Å²) in [5.41, 5.74) is 3.21. The number of hydrogen-bond acceptors (Lipinski definition) is 1. The molecule has 0 aromatic carbocycles. The Morgan fingerprint density at radius 2 is 2.38 bits per heavy atom. The van der Waals surface area contributed by atoms with Gasteiger partial charge in [-0.05, 0) is 24.1 Å². The third-order valence-corrected chi connectivity index (χ3v) is 2.40. The van der Waals surface area contributed by atoms with Gasteiger partial charge in [-0.3, -0.25) is 0 Å². The molecule has 0 spiro atoms. The van der Waals surface area contributed by atoms with Crippen LogP contribution in [0.3, 0.4) is 0 Å². The summed E-state index contributed by atoms with van der Waals surface area (Å²) in [7, 11) is 0. The molecular formula is C10H11ClN2. The monoisotopic (exact) mass is 194 g/mol. The van der Waals surface area contributed by atoms with E-state index in [0.29, 0.717) is 5.88 Å². The van der Waals surface area contributed by atoms with Gasteiger partial charge in [0, 0.05) is 18.3 Å². The molecule has 2 nitrogen and oxygen atoms in total. The zero-order valence-corrected chi connectivity index (χ0v) is 8.25. The lowest BCUT2D eigenvalue weighted by atomic mass is 10.3. The first kappa shape index (κ1) is 8.57. The minimum atomic E-state index is 0.546. The second-order valence-electron chi connectivity index (χ2n) is 3.02. The van der Waals surface area contributed by atoms with Crippen LogP contribution in [-0.4, -0.2) is 9.38 Å². The first-order chi connectivity index (χ1) is 6.33. The second kappa shape index (κ2) is 3.38. The smallest absolute Gasteiger partial charge is 0.137 e. The van der Waals surface area contributed by atoms with Gasteiger partial charge >= 0.3 is 0 Å². The maximum Gasteiger partial charge on any atom is 0.137 e. The van der Waals surface area contributed by atoms with Crippen LogP contribution in [0.5, 0.6) is 0 Å². The van der Waals surface area contributed by atoms with Gasteiger partial charge in [-0.1, -0.05) is 6.92 Å². The molecule has 0 bridgehead atoms. The van der Waals surface area contributed by atoms with Crippen molar-refractivity contribution in [3.8, 4) is 0 Å². The average molecular weight is 195 g/mol.